The van der Waals surface area contributed by atoms with Crippen LogP contribution in [0.2, 0.25) is 0 Å². The molecule has 0 amide bonds. The molecule has 0 aliphatic heterocycles. The van der Waals surface area contributed by atoms with Crippen LogP contribution in [0, 0.1) is 0 Å². The third-order valence-corrected chi connectivity index (χ3v) is 9.40. The molecule has 0 radical (unpaired) electrons. The molecule has 55 heavy (non-hydrogen) atoms. The molecule has 0 rings (SSSR count). The molecule has 8 heteroatoms. The topological polar surface area (TPSA) is 102 Å². The zero-order valence-corrected chi connectivity index (χ0v) is 35.8. The summed E-state index contributed by atoms with van der Waals surface area (Å²) in [6.07, 6.45) is 45.6. The zero-order chi connectivity index (χ0) is 40.7. The van der Waals surface area contributed by atoms with Gasteiger partial charge in [0.2, 0.25) is 0 Å². The molecular weight excluding hydrogens is 691 g/mol. The lowest BCUT2D eigenvalue weighted by atomic mass is 10.1. The molecule has 2 unspecified atom stereocenters. The van der Waals surface area contributed by atoms with Gasteiger partial charge in [0, 0.05) is 19.3 Å². The van der Waals surface area contributed by atoms with Crippen molar-refractivity contribution in [3.8, 4) is 0 Å². The summed E-state index contributed by atoms with van der Waals surface area (Å²) in [5.74, 6) is -1.81. The van der Waals surface area contributed by atoms with Gasteiger partial charge in [-0.25, -0.2) is 0 Å². The summed E-state index contributed by atoms with van der Waals surface area (Å²) >= 11 is 0. The van der Waals surface area contributed by atoms with Crippen molar-refractivity contribution < 1.29 is 38.2 Å². The Balaban J connectivity index is 4.19. The van der Waals surface area contributed by atoms with Gasteiger partial charge in [-0.15, -0.1) is 0 Å². The molecule has 2 atom stereocenters. The van der Waals surface area contributed by atoms with Crippen molar-refractivity contribution in [1.29, 1.82) is 0 Å². The van der Waals surface area contributed by atoms with Crippen LogP contribution in [0.1, 0.15) is 168 Å². The van der Waals surface area contributed by atoms with Gasteiger partial charge in [-0.2, -0.15) is 0 Å². The Bertz CT molecular complexity index is 1090. The van der Waals surface area contributed by atoms with E-state index in [1.165, 1.54) is 70.6 Å². The number of nitrogens with zero attached hydrogens (tertiary/aromatic N) is 1. The summed E-state index contributed by atoms with van der Waals surface area (Å²) in [6, 6.07) is -0.731. The number of esters is 2. The Labute approximate surface area is 337 Å². The minimum atomic E-state index is -1.13. The van der Waals surface area contributed by atoms with Crippen molar-refractivity contribution in [2.45, 2.75) is 180 Å². The second-order valence-corrected chi connectivity index (χ2v) is 15.5. The number of hydrogen-bond donors (Lipinski definition) is 0. The number of quaternary nitrogens is 1. The highest BCUT2D eigenvalue weighted by molar-refractivity contribution is 5.70. The van der Waals surface area contributed by atoms with Crippen LogP contribution in [-0.4, -0.2) is 75.5 Å². The van der Waals surface area contributed by atoms with Gasteiger partial charge >= 0.3 is 11.9 Å². The van der Waals surface area contributed by atoms with Crippen molar-refractivity contribution >= 4 is 17.9 Å². The van der Waals surface area contributed by atoms with Crippen molar-refractivity contribution in [2.75, 3.05) is 41.0 Å². The van der Waals surface area contributed by atoms with Crippen molar-refractivity contribution in [1.82, 2.24) is 0 Å². The van der Waals surface area contributed by atoms with Crippen LogP contribution >= 0.6 is 0 Å². The van der Waals surface area contributed by atoms with E-state index in [2.05, 4.69) is 68.5 Å². The minimum absolute atomic E-state index is 0.0223. The van der Waals surface area contributed by atoms with Crippen molar-refractivity contribution in [2.24, 2.45) is 0 Å². The number of carboxylic acids is 1. The second-order valence-electron chi connectivity index (χ2n) is 15.5. The number of carboxylic acid groups (broad SMARTS) is 1. The van der Waals surface area contributed by atoms with E-state index in [0.717, 1.165) is 57.8 Å². The smallest absolute Gasteiger partial charge is 0.306 e. The van der Waals surface area contributed by atoms with Gasteiger partial charge < -0.3 is 28.6 Å². The third kappa shape index (κ3) is 36.4. The number of carbonyl (C=O) groups excluding carboxylic acids is 3. The van der Waals surface area contributed by atoms with Crippen LogP contribution in [0.5, 0.6) is 0 Å². The van der Waals surface area contributed by atoms with Crippen LogP contribution in [0.15, 0.2) is 60.8 Å². The monoisotopic (exact) mass is 772 g/mol. The van der Waals surface area contributed by atoms with Gasteiger partial charge in [-0.3, -0.25) is 9.59 Å². The maximum Gasteiger partial charge on any atom is 0.306 e. The van der Waals surface area contributed by atoms with Crippen LogP contribution in [-0.2, 0) is 28.6 Å². The summed E-state index contributed by atoms with van der Waals surface area (Å²) in [5.41, 5.74) is 0. The SMILES string of the molecule is CC/C=C/C/C=C/C/C=C/C/C=C/CCCCCCCCCCCCC(=O)OCC(COCCC(C(=O)[O-])[N+](C)(C)C)OC(=O)CC/C=C/CCCCCC. The van der Waals surface area contributed by atoms with Crippen LogP contribution in [0.3, 0.4) is 0 Å². The number of rotatable bonds is 38. The Morgan fingerprint density at radius 2 is 1.05 bits per heavy atom. The first-order valence-corrected chi connectivity index (χ1v) is 21.8. The quantitative estimate of drug-likeness (QED) is 0.0266. The van der Waals surface area contributed by atoms with Gasteiger partial charge in [-0.1, -0.05) is 145 Å². The largest absolute Gasteiger partial charge is 0.544 e. The molecule has 0 aliphatic carbocycles. The number of carbonyl (C=O) groups is 3. The van der Waals surface area contributed by atoms with Crippen LogP contribution in [0.25, 0.3) is 0 Å². The molecule has 0 aromatic heterocycles. The van der Waals surface area contributed by atoms with E-state index in [0.29, 0.717) is 12.8 Å². The Morgan fingerprint density at radius 3 is 1.60 bits per heavy atom. The number of likely N-dealkylation sites (N-methyl/N-ethyl adjacent to an activating group) is 1. The molecule has 0 bridgehead atoms. The fourth-order valence-corrected chi connectivity index (χ4v) is 6.02. The normalized spacial score (nSPS) is 13.5. The first-order valence-electron chi connectivity index (χ1n) is 21.8. The first-order chi connectivity index (χ1) is 26.6. The second kappa shape index (κ2) is 37.9. The zero-order valence-electron chi connectivity index (χ0n) is 35.8. The molecule has 0 fully saturated rings. The molecule has 0 saturated heterocycles. The average molecular weight is 772 g/mol. The standard InChI is InChI=1S/C47H81NO7/c1-6-8-10-12-14-16-17-18-19-20-21-22-23-24-25-26-27-28-29-30-32-33-35-37-45(49)54-42-43(41-53-40-39-44(47(51)52)48(3,4)5)55-46(50)38-36-34-31-15-13-11-9-7-2/h8,10,14,16,18-19,21-22,31,34,43-44H,6-7,9,11-13,15,17,20,23-30,32-33,35-42H2,1-5H3/b10-8+,16-14+,19-18+,22-21+,34-31+. The van der Waals surface area contributed by atoms with Crippen LogP contribution < -0.4 is 5.11 Å². The molecule has 0 aliphatic rings. The highest BCUT2D eigenvalue weighted by Crippen LogP contribution is 2.14. The van der Waals surface area contributed by atoms with Crippen molar-refractivity contribution in [3.05, 3.63) is 60.8 Å². The molecule has 0 spiro atoms. The van der Waals surface area contributed by atoms with E-state index in [-0.39, 0.29) is 49.1 Å². The van der Waals surface area contributed by atoms with Gasteiger partial charge in [0.25, 0.3) is 0 Å². The molecule has 316 valence electrons. The predicted molar refractivity (Wildman–Crippen MR) is 226 cm³/mol. The highest BCUT2D eigenvalue weighted by Gasteiger charge is 2.25. The molecule has 0 aromatic rings. The lowest BCUT2D eigenvalue weighted by Gasteiger charge is -2.34. The van der Waals surface area contributed by atoms with Crippen LogP contribution in [0.4, 0.5) is 0 Å². The fraction of sp³-hybridized carbons (Fsp3) is 0.723. The van der Waals surface area contributed by atoms with Gasteiger partial charge in [-0.05, 0) is 64.2 Å². The minimum Gasteiger partial charge on any atom is -0.544 e. The maximum atomic E-state index is 12.6. The lowest BCUT2D eigenvalue weighted by Crippen LogP contribution is -2.55. The molecular formula is C47H81NO7. The summed E-state index contributed by atoms with van der Waals surface area (Å²) < 4.78 is 17.0. The number of allylic oxidation sites excluding steroid dienone is 10. The van der Waals surface area contributed by atoms with E-state index in [4.69, 9.17) is 14.2 Å². The summed E-state index contributed by atoms with van der Waals surface area (Å²) in [7, 11) is 5.38. The van der Waals surface area contributed by atoms with Crippen molar-refractivity contribution in [3.63, 3.8) is 0 Å². The molecule has 0 saturated carbocycles. The van der Waals surface area contributed by atoms with Gasteiger partial charge in [0.05, 0.1) is 40.3 Å². The Hall–Kier alpha value is -2.97. The summed E-state index contributed by atoms with van der Waals surface area (Å²) in [6.45, 7) is 4.44. The van der Waals surface area contributed by atoms with E-state index in [1.807, 2.05) is 6.08 Å². The number of hydrogen-bond acceptors (Lipinski definition) is 7. The lowest BCUT2D eigenvalue weighted by molar-refractivity contribution is -0.889. The molecule has 0 N–H and O–H groups in total. The predicted octanol–water partition coefficient (Wildman–Crippen LogP) is 10.5. The van der Waals surface area contributed by atoms with E-state index >= 15 is 0 Å². The maximum absolute atomic E-state index is 12.6. The fourth-order valence-electron chi connectivity index (χ4n) is 6.02. The van der Waals surface area contributed by atoms with Gasteiger partial charge in [0.15, 0.2) is 6.10 Å². The number of ether oxygens (including phenoxy) is 3. The summed E-state index contributed by atoms with van der Waals surface area (Å²) in [4.78, 5) is 36.6. The van der Waals surface area contributed by atoms with E-state index < -0.39 is 18.1 Å². The molecule has 0 heterocycles. The van der Waals surface area contributed by atoms with Gasteiger partial charge in [0.1, 0.15) is 12.6 Å². The Kier molecular flexibility index (Phi) is 35.9. The van der Waals surface area contributed by atoms with E-state index in [1.54, 1.807) is 21.1 Å². The molecule has 0 aromatic carbocycles. The van der Waals surface area contributed by atoms with E-state index in [9.17, 15) is 19.5 Å². The number of unbranched alkanes of at least 4 members (excludes halogenated alkanes) is 14. The average Bonchev–Trinajstić information content (AvgIpc) is 3.14. The number of aliphatic carboxylic acids is 1. The first kappa shape index (κ1) is 52.0. The molecule has 8 nitrogen and oxygen atoms in total. The highest BCUT2D eigenvalue weighted by atomic mass is 16.6. The third-order valence-electron chi connectivity index (χ3n) is 9.40. The summed E-state index contributed by atoms with van der Waals surface area (Å²) in [5, 5.41) is 11.6. The Morgan fingerprint density at radius 1 is 0.564 bits per heavy atom.